The van der Waals surface area contributed by atoms with E-state index in [9.17, 15) is 0 Å². The fourth-order valence-electron chi connectivity index (χ4n) is 2.44. The van der Waals surface area contributed by atoms with Crippen molar-refractivity contribution in [2.75, 3.05) is 0 Å². The van der Waals surface area contributed by atoms with Gasteiger partial charge in [0.1, 0.15) is 5.69 Å². The van der Waals surface area contributed by atoms with Crippen LogP contribution < -0.4 is 0 Å². The van der Waals surface area contributed by atoms with Crippen molar-refractivity contribution >= 4 is 17.0 Å². The summed E-state index contributed by atoms with van der Waals surface area (Å²) in [5, 5.41) is 6.51. The molecule has 0 aromatic carbocycles. The van der Waals surface area contributed by atoms with Crippen LogP contribution in [0, 0.1) is 6.92 Å². The molecule has 0 atom stereocenters. The Morgan fingerprint density at radius 2 is 2.00 bits per heavy atom. The molecule has 0 unspecified atom stereocenters. The lowest BCUT2D eigenvalue weighted by Crippen LogP contribution is -1.96. The average molecular weight is 292 g/mol. The van der Waals surface area contributed by atoms with Crippen LogP contribution in [-0.4, -0.2) is 19.6 Å². The summed E-state index contributed by atoms with van der Waals surface area (Å²) in [5.74, 6) is 0. The van der Waals surface area contributed by atoms with Crippen molar-refractivity contribution < 1.29 is 0 Å². The molecule has 4 heterocycles. The van der Waals surface area contributed by atoms with Gasteiger partial charge in [0.15, 0.2) is 5.65 Å². The molecule has 0 aliphatic carbocycles. The Morgan fingerprint density at radius 1 is 1.05 bits per heavy atom. The first-order valence-corrected chi connectivity index (χ1v) is 7.50. The third kappa shape index (κ3) is 1.94. The first-order valence-electron chi connectivity index (χ1n) is 6.62. The van der Waals surface area contributed by atoms with Gasteiger partial charge in [-0.2, -0.15) is 5.10 Å². The first-order chi connectivity index (χ1) is 10.3. The molecule has 4 rings (SSSR count). The van der Waals surface area contributed by atoms with Crippen LogP contribution >= 0.6 is 11.3 Å². The van der Waals surface area contributed by atoms with Gasteiger partial charge in [-0.1, -0.05) is 6.07 Å². The van der Waals surface area contributed by atoms with Gasteiger partial charge in [-0.3, -0.25) is 4.98 Å². The van der Waals surface area contributed by atoms with Gasteiger partial charge in [-0.15, -0.1) is 11.3 Å². The molecule has 4 aromatic heterocycles. The fraction of sp³-hybridized carbons (Fsp3) is 0.0625. The molecule has 0 spiro atoms. The van der Waals surface area contributed by atoms with Crippen LogP contribution in [0.3, 0.4) is 0 Å². The quantitative estimate of drug-likeness (QED) is 0.564. The van der Waals surface area contributed by atoms with Crippen LogP contribution in [0.5, 0.6) is 0 Å². The highest BCUT2D eigenvalue weighted by Crippen LogP contribution is 2.30. The molecule has 4 aromatic rings. The zero-order valence-corrected chi connectivity index (χ0v) is 12.2. The average Bonchev–Trinajstić information content (AvgIpc) is 3.16. The maximum atomic E-state index is 4.57. The number of aromatic nitrogens is 4. The van der Waals surface area contributed by atoms with Crippen LogP contribution in [0.2, 0.25) is 0 Å². The van der Waals surface area contributed by atoms with Crippen molar-refractivity contribution in [1.29, 1.82) is 0 Å². The molecule has 0 fully saturated rings. The van der Waals surface area contributed by atoms with E-state index in [1.54, 1.807) is 17.5 Å². The second kappa shape index (κ2) is 4.79. The van der Waals surface area contributed by atoms with Crippen molar-refractivity contribution in [3.8, 4) is 21.7 Å². The SMILES string of the molecule is Cc1ccncc1-c1ccnn2c(-c3cccs3)cnc12. The number of thiophene rings is 1. The molecule has 0 saturated heterocycles. The second-order valence-electron chi connectivity index (χ2n) is 4.79. The van der Waals surface area contributed by atoms with Crippen LogP contribution in [0.15, 0.2) is 54.4 Å². The van der Waals surface area contributed by atoms with E-state index in [4.69, 9.17) is 0 Å². The molecule has 0 bridgehead atoms. The summed E-state index contributed by atoms with van der Waals surface area (Å²) in [4.78, 5) is 9.96. The Balaban J connectivity index is 1.99. The fourth-order valence-corrected chi connectivity index (χ4v) is 3.16. The standard InChI is InChI=1S/C16H12N4S/c1-11-4-6-17-9-13(11)12-5-7-19-20-14(10-18-16(12)20)15-3-2-8-21-15/h2-10H,1H3. The highest BCUT2D eigenvalue weighted by atomic mass is 32.1. The van der Waals surface area contributed by atoms with Gasteiger partial charge in [0.25, 0.3) is 0 Å². The van der Waals surface area contributed by atoms with Gasteiger partial charge in [-0.05, 0) is 36.1 Å². The lowest BCUT2D eigenvalue weighted by molar-refractivity contribution is 0.945. The zero-order chi connectivity index (χ0) is 14.2. The molecule has 0 amide bonds. The Bertz CT molecular complexity index is 909. The van der Waals surface area contributed by atoms with Gasteiger partial charge in [0.05, 0.1) is 11.1 Å². The number of imidazole rings is 1. The summed E-state index contributed by atoms with van der Waals surface area (Å²) in [6, 6.07) is 8.12. The predicted octanol–water partition coefficient (Wildman–Crippen LogP) is 3.83. The summed E-state index contributed by atoms with van der Waals surface area (Å²) in [7, 11) is 0. The van der Waals surface area contributed by atoms with Gasteiger partial charge in [0, 0.05) is 29.7 Å². The summed E-state index contributed by atoms with van der Waals surface area (Å²) >= 11 is 1.69. The van der Waals surface area contributed by atoms with E-state index < -0.39 is 0 Å². The second-order valence-corrected chi connectivity index (χ2v) is 5.74. The largest absolute Gasteiger partial charge is 0.264 e. The number of aryl methyl sites for hydroxylation is 1. The van der Waals surface area contributed by atoms with Gasteiger partial charge in [0.2, 0.25) is 0 Å². The van der Waals surface area contributed by atoms with Crippen LogP contribution in [0.25, 0.3) is 27.3 Å². The summed E-state index contributed by atoms with van der Waals surface area (Å²) in [6.07, 6.45) is 7.38. The minimum Gasteiger partial charge on any atom is -0.264 e. The van der Waals surface area contributed by atoms with Crippen LogP contribution in [0.1, 0.15) is 5.56 Å². The molecule has 102 valence electrons. The van der Waals surface area contributed by atoms with Crippen molar-refractivity contribution in [2.24, 2.45) is 0 Å². The molecule has 21 heavy (non-hydrogen) atoms. The molecule has 0 N–H and O–H groups in total. The zero-order valence-electron chi connectivity index (χ0n) is 11.4. The molecular weight excluding hydrogens is 280 g/mol. The molecule has 0 radical (unpaired) electrons. The number of hydrogen-bond donors (Lipinski definition) is 0. The highest BCUT2D eigenvalue weighted by Gasteiger charge is 2.13. The predicted molar refractivity (Wildman–Crippen MR) is 84.3 cm³/mol. The van der Waals surface area contributed by atoms with Crippen molar-refractivity contribution in [3.05, 3.63) is 60.0 Å². The van der Waals surface area contributed by atoms with E-state index in [0.29, 0.717) is 0 Å². The topological polar surface area (TPSA) is 43.1 Å². The maximum absolute atomic E-state index is 4.57. The third-order valence-corrected chi connectivity index (χ3v) is 4.40. The minimum absolute atomic E-state index is 0.858. The van der Waals surface area contributed by atoms with E-state index >= 15 is 0 Å². The van der Waals surface area contributed by atoms with Gasteiger partial charge in [-0.25, -0.2) is 9.50 Å². The Kier molecular flexibility index (Phi) is 2.79. The van der Waals surface area contributed by atoms with E-state index in [-0.39, 0.29) is 0 Å². The lowest BCUT2D eigenvalue weighted by Gasteiger charge is -2.06. The summed E-state index contributed by atoms with van der Waals surface area (Å²) < 4.78 is 1.90. The van der Waals surface area contributed by atoms with Gasteiger partial charge >= 0.3 is 0 Å². The van der Waals surface area contributed by atoms with E-state index in [2.05, 4.69) is 33.4 Å². The lowest BCUT2D eigenvalue weighted by atomic mass is 10.1. The van der Waals surface area contributed by atoms with E-state index in [1.807, 2.05) is 41.3 Å². The van der Waals surface area contributed by atoms with E-state index in [1.165, 1.54) is 5.56 Å². The monoisotopic (exact) mass is 292 g/mol. The van der Waals surface area contributed by atoms with E-state index in [0.717, 1.165) is 27.3 Å². The van der Waals surface area contributed by atoms with Crippen molar-refractivity contribution in [2.45, 2.75) is 6.92 Å². The maximum Gasteiger partial charge on any atom is 0.162 e. The summed E-state index contributed by atoms with van der Waals surface area (Å²) in [5.41, 5.74) is 5.20. The summed E-state index contributed by atoms with van der Waals surface area (Å²) in [6.45, 7) is 2.08. The Hall–Kier alpha value is -2.53. The van der Waals surface area contributed by atoms with Gasteiger partial charge < -0.3 is 0 Å². The van der Waals surface area contributed by atoms with Crippen molar-refractivity contribution in [3.63, 3.8) is 0 Å². The minimum atomic E-state index is 0.858. The first kappa shape index (κ1) is 12.2. The highest BCUT2D eigenvalue weighted by molar-refractivity contribution is 7.13. The number of fused-ring (bicyclic) bond motifs is 1. The number of nitrogens with zero attached hydrogens (tertiary/aromatic N) is 4. The number of hydrogen-bond acceptors (Lipinski definition) is 4. The van der Waals surface area contributed by atoms with Crippen LogP contribution in [-0.2, 0) is 0 Å². The molecular formula is C16H12N4S. The number of rotatable bonds is 2. The Morgan fingerprint density at radius 3 is 2.81 bits per heavy atom. The molecule has 4 nitrogen and oxygen atoms in total. The molecule has 5 heteroatoms. The molecule has 0 aliphatic heterocycles. The normalized spacial score (nSPS) is 11.1. The molecule has 0 aliphatic rings. The smallest absolute Gasteiger partial charge is 0.162 e. The molecule has 0 saturated carbocycles. The number of pyridine rings is 1. The van der Waals surface area contributed by atoms with Crippen LogP contribution in [0.4, 0.5) is 0 Å². The van der Waals surface area contributed by atoms with Crippen molar-refractivity contribution in [1.82, 2.24) is 19.6 Å². The third-order valence-electron chi connectivity index (χ3n) is 3.51. The Labute approximate surface area is 125 Å².